The van der Waals surface area contributed by atoms with Gasteiger partial charge in [0.25, 0.3) is 0 Å². The second-order valence-electron chi connectivity index (χ2n) is 6.02. The minimum absolute atomic E-state index is 0.304. The van der Waals surface area contributed by atoms with Crippen LogP contribution in [0.25, 0.3) is 0 Å². The van der Waals surface area contributed by atoms with Crippen molar-refractivity contribution in [3.63, 3.8) is 0 Å². The number of rotatable bonds is 10. The Morgan fingerprint density at radius 1 is 1.30 bits per heavy atom. The van der Waals surface area contributed by atoms with Gasteiger partial charge in [0.15, 0.2) is 0 Å². The van der Waals surface area contributed by atoms with E-state index in [4.69, 9.17) is 4.74 Å². The Labute approximate surface area is 138 Å². The molecule has 5 heteroatoms. The van der Waals surface area contributed by atoms with Gasteiger partial charge in [0.2, 0.25) is 0 Å². The van der Waals surface area contributed by atoms with Gasteiger partial charge < -0.3 is 19.7 Å². The van der Waals surface area contributed by atoms with Crippen LogP contribution in [0, 0.1) is 0 Å². The summed E-state index contributed by atoms with van der Waals surface area (Å²) < 4.78 is 7.82. The molecule has 0 saturated heterocycles. The highest BCUT2D eigenvalue weighted by Crippen LogP contribution is 2.25. The van der Waals surface area contributed by atoms with Crippen molar-refractivity contribution in [2.75, 3.05) is 19.7 Å². The van der Waals surface area contributed by atoms with Crippen molar-refractivity contribution in [3.8, 4) is 5.75 Å². The van der Waals surface area contributed by atoms with Crippen LogP contribution in [0.2, 0.25) is 0 Å². The van der Waals surface area contributed by atoms with Gasteiger partial charge >= 0.3 is 0 Å². The zero-order chi connectivity index (χ0) is 16.5. The Kier molecular flexibility index (Phi) is 7.10. The van der Waals surface area contributed by atoms with Crippen molar-refractivity contribution in [2.45, 2.75) is 38.8 Å². The SMILES string of the molecule is CC(C)c1ccccc1OC[C@H](O)CNCCCn1ccnc1. The molecule has 0 aliphatic rings. The number of aromatic nitrogens is 2. The molecule has 0 fully saturated rings. The van der Waals surface area contributed by atoms with Gasteiger partial charge in [-0.25, -0.2) is 4.98 Å². The number of ether oxygens (including phenoxy) is 1. The van der Waals surface area contributed by atoms with Crippen molar-refractivity contribution in [2.24, 2.45) is 0 Å². The van der Waals surface area contributed by atoms with E-state index in [1.807, 2.05) is 35.3 Å². The highest BCUT2D eigenvalue weighted by atomic mass is 16.5. The first-order chi connectivity index (χ1) is 11.2. The molecule has 2 N–H and O–H groups in total. The van der Waals surface area contributed by atoms with E-state index >= 15 is 0 Å². The maximum atomic E-state index is 10.0. The molecule has 0 aliphatic carbocycles. The molecule has 0 unspecified atom stereocenters. The van der Waals surface area contributed by atoms with Crippen LogP contribution in [0.15, 0.2) is 43.0 Å². The van der Waals surface area contributed by atoms with Crippen LogP contribution < -0.4 is 10.1 Å². The molecule has 2 rings (SSSR count). The van der Waals surface area contributed by atoms with Crippen molar-refractivity contribution in [1.29, 1.82) is 0 Å². The van der Waals surface area contributed by atoms with E-state index in [0.29, 0.717) is 19.1 Å². The number of nitrogens with one attached hydrogen (secondary N) is 1. The summed E-state index contributed by atoms with van der Waals surface area (Å²) in [5, 5.41) is 13.3. The molecular weight excluding hydrogens is 290 g/mol. The first kappa shape index (κ1) is 17.5. The van der Waals surface area contributed by atoms with Crippen molar-refractivity contribution in [3.05, 3.63) is 48.5 Å². The molecule has 1 heterocycles. The minimum Gasteiger partial charge on any atom is -0.491 e. The van der Waals surface area contributed by atoms with Crippen molar-refractivity contribution < 1.29 is 9.84 Å². The van der Waals surface area contributed by atoms with Gasteiger partial charge in [0.05, 0.1) is 6.33 Å². The average Bonchev–Trinajstić information content (AvgIpc) is 3.06. The maximum Gasteiger partial charge on any atom is 0.122 e. The molecule has 0 bridgehead atoms. The van der Waals surface area contributed by atoms with E-state index in [1.54, 1.807) is 6.20 Å². The van der Waals surface area contributed by atoms with Crippen molar-refractivity contribution in [1.82, 2.24) is 14.9 Å². The first-order valence-corrected chi connectivity index (χ1v) is 8.23. The number of imidazole rings is 1. The zero-order valence-corrected chi connectivity index (χ0v) is 14.0. The molecule has 2 aromatic rings. The molecule has 126 valence electrons. The third-order valence-electron chi connectivity index (χ3n) is 3.68. The molecule has 0 saturated carbocycles. The number of aliphatic hydroxyl groups is 1. The fraction of sp³-hybridized carbons (Fsp3) is 0.500. The highest BCUT2D eigenvalue weighted by molar-refractivity contribution is 5.35. The number of aryl methyl sites for hydroxylation is 1. The predicted octanol–water partition coefficient (Wildman–Crippen LogP) is 2.43. The molecule has 5 nitrogen and oxygen atoms in total. The lowest BCUT2D eigenvalue weighted by Crippen LogP contribution is -2.32. The summed E-state index contributed by atoms with van der Waals surface area (Å²) in [6.07, 6.45) is 6.04. The lowest BCUT2D eigenvalue weighted by Gasteiger charge is -2.17. The topological polar surface area (TPSA) is 59.3 Å². The van der Waals surface area contributed by atoms with Gasteiger partial charge in [-0.1, -0.05) is 32.0 Å². The zero-order valence-electron chi connectivity index (χ0n) is 14.0. The summed E-state index contributed by atoms with van der Waals surface area (Å²) in [4.78, 5) is 4.01. The number of para-hydroxylation sites is 1. The molecule has 23 heavy (non-hydrogen) atoms. The Morgan fingerprint density at radius 3 is 2.87 bits per heavy atom. The predicted molar refractivity (Wildman–Crippen MR) is 91.7 cm³/mol. The van der Waals surface area contributed by atoms with Gasteiger partial charge in [-0.05, 0) is 30.5 Å². The molecule has 1 aromatic carbocycles. The normalized spacial score (nSPS) is 12.5. The first-order valence-electron chi connectivity index (χ1n) is 8.23. The summed E-state index contributed by atoms with van der Waals surface area (Å²) >= 11 is 0. The summed E-state index contributed by atoms with van der Waals surface area (Å²) in [5.41, 5.74) is 1.17. The highest BCUT2D eigenvalue weighted by Gasteiger charge is 2.09. The van der Waals surface area contributed by atoms with Crippen LogP contribution in [0.5, 0.6) is 5.75 Å². The summed E-state index contributed by atoms with van der Waals surface area (Å²) in [6, 6.07) is 8.00. The molecule has 1 aromatic heterocycles. The van der Waals surface area contributed by atoms with E-state index in [2.05, 4.69) is 30.2 Å². The number of hydrogen-bond donors (Lipinski definition) is 2. The van der Waals surface area contributed by atoms with E-state index in [1.165, 1.54) is 5.56 Å². The lowest BCUT2D eigenvalue weighted by molar-refractivity contribution is 0.106. The molecule has 1 atom stereocenters. The van der Waals surface area contributed by atoms with Crippen LogP contribution >= 0.6 is 0 Å². The number of aliphatic hydroxyl groups excluding tert-OH is 1. The summed E-state index contributed by atoms with van der Waals surface area (Å²) in [7, 11) is 0. The summed E-state index contributed by atoms with van der Waals surface area (Å²) in [5.74, 6) is 1.27. The molecular formula is C18H27N3O2. The third kappa shape index (κ3) is 6.04. The third-order valence-corrected chi connectivity index (χ3v) is 3.68. The Bertz CT molecular complexity index is 555. The number of hydrogen-bond acceptors (Lipinski definition) is 4. The molecule has 0 amide bonds. The standard InChI is InChI=1S/C18H27N3O2/c1-15(2)17-6-3-4-7-18(17)23-13-16(22)12-19-8-5-10-21-11-9-20-14-21/h3-4,6-7,9,11,14-16,19,22H,5,8,10,12-13H2,1-2H3/t16-/m1/s1. The summed E-state index contributed by atoms with van der Waals surface area (Å²) in [6.45, 7) is 6.91. The van der Waals surface area contributed by atoms with Crippen LogP contribution in [0.4, 0.5) is 0 Å². The smallest absolute Gasteiger partial charge is 0.122 e. The van der Waals surface area contributed by atoms with Crippen LogP contribution in [0.1, 0.15) is 31.7 Å². The maximum absolute atomic E-state index is 10.0. The van der Waals surface area contributed by atoms with Crippen LogP contribution in [0.3, 0.4) is 0 Å². The Hall–Kier alpha value is -1.85. The Balaban J connectivity index is 1.62. The van der Waals surface area contributed by atoms with Crippen LogP contribution in [-0.2, 0) is 6.54 Å². The molecule has 0 radical (unpaired) electrons. The van der Waals surface area contributed by atoms with Gasteiger partial charge in [-0.2, -0.15) is 0 Å². The second kappa shape index (κ2) is 9.33. The quantitative estimate of drug-likeness (QED) is 0.661. The van der Waals surface area contributed by atoms with Gasteiger partial charge in [0, 0.05) is 25.5 Å². The van der Waals surface area contributed by atoms with E-state index in [9.17, 15) is 5.11 Å². The Morgan fingerprint density at radius 2 is 2.13 bits per heavy atom. The minimum atomic E-state index is -0.511. The molecule has 0 aliphatic heterocycles. The van der Waals surface area contributed by atoms with Gasteiger partial charge in [-0.15, -0.1) is 0 Å². The van der Waals surface area contributed by atoms with Crippen molar-refractivity contribution >= 4 is 0 Å². The van der Waals surface area contributed by atoms with Gasteiger partial charge in [-0.3, -0.25) is 0 Å². The number of nitrogens with zero attached hydrogens (tertiary/aromatic N) is 2. The largest absolute Gasteiger partial charge is 0.491 e. The van der Waals surface area contributed by atoms with Crippen LogP contribution in [-0.4, -0.2) is 40.5 Å². The van der Waals surface area contributed by atoms with Gasteiger partial charge in [0.1, 0.15) is 18.5 Å². The molecule has 0 spiro atoms. The fourth-order valence-corrected chi connectivity index (χ4v) is 2.41. The van der Waals surface area contributed by atoms with E-state index < -0.39 is 6.10 Å². The van der Waals surface area contributed by atoms with E-state index in [-0.39, 0.29) is 0 Å². The monoisotopic (exact) mass is 317 g/mol. The van der Waals surface area contributed by atoms with E-state index in [0.717, 1.165) is 25.3 Å². The average molecular weight is 317 g/mol. The lowest BCUT2D eigenvalue weighted by atomic mass is 10.0. The fourth-order valence-electron chi connectivity index (χ4n) is 2.41. The number of benzene rings is 1. The second-order valence-corrected chi connectivity index (χ2v) is 6.02.